The van der Waals surface area contributed by atoms with Gasteiger partial charge in [0.15, 0.2) is 9.84 Å². The van der Waals surface area contributed by atoms with Gasteiger partial charge in [-0.2, -0.15) is 0 Å². The minimum Gasteiger partial charge on any atom is -0.220 e. The van der Waals surface area contributed by atoms with E-state index < -0.39 is 9.84 Å². The first-order valence-electron chi connectivity index (χ1n) is 2.84. The van der Waals surface area contributed by atoms with Crippen LogP contribution in [0.15, 0.2) is 23.0 Å². The number of halogens is 1. The van der Waals surface area contributed by atoms with Crippen molar-refractivity contribution in [1.29, 1.82) is 0 Å². The van der Waals surface area contributed by atoms with E-state index >= 15 is 0 Å². The lowest BCUT2D eigenvalue weighted by Crippen LogP contribution is -1.87. The molecule has 0 aromatic heterocycles. The lowest BCUT2D eigenvalue weighted by molar-refractivity contribution is 0.612. The lowest BCUT2D eigenvalue weighted by Gasteiger charge is -1.92. The molecule has 0 amide bonds. The molecule has 56 valence electrons. The molecular weight excluding hydrogens is 216 g/mol. The third kappa shape index (κ3) is 2.27. The second-order valence-electron chi connectivity index (χ2n) is 2.04. The van der Waals surface area contributed by atoms with Crippen LogP contribution in [-0.2, 0) is 9.84 Å². The highest BCUT2D eigenvalue weighted by Gasteiger charge is 2.06. The van der Waals surface area contributed by atoms with Gasteiger partial charge in [-0.25, -0.2) is 8.42 Å². The molecule has 2 nitrogen and oxygen atoms in total. The van der Waals surface area contributed by atoms with Crippen molar-refractivity contribution in [2.45, 2.75) is 11.2 Å². The highest BCUT2D eigenvalue weighted by molar-refractivity contribution is 9.09. The van der Waals surface area contributed by atoms with Crippen LogP contribution in [0.25, 0.3) is 0 Å². The van der Waals surface area contributed by atoms with E-state index in [1.165, 1.54) is 10.8 Å². The topological polar surface area (TPSA) is 34.1 Å². The van der Waals surface area contributed by atoms with Crippen molar-refractivity contribution >= 4 is 25.8 Å². The fraction of sp³-hybridized carbons (Fsp3) is 0.333. The maximum Gasteiger partial charge on any atom is 0.192 e. The van der Waals surface area contributed by atoms with Crippen molar-refractivity contribution in [3.63, 3.8) is 0 Å². The Hall–Kier alpha value is -0.0900. The van der Waals surface area contributed by atoms with Gasteiger partial charge in [0.05, 0.1) is 0 Å². The molecule has 0 radical (unpaired) electrons. The number of rotatable bonds is 0. The zero-order valence-corrected chi connectivity index (χ0v) is 7.60. The van der Waals surface area contributed by atoms with E-state index in [2.05, 4.69) is 15.9 Å². The summed E-state index contributed by atoms with van der Waals surface area (Å²) in [4.78, 5) is 0.154. The molecule has 0 aromatic rings. The maximum atomic E-state index is 10.8. The molecule has 0 bridgehead atoms. The van der Waals surface area contributed by atoms with Gasteiger partial charge < -0.3 is 0 Å². The summed E-state index contributed by atoms with van der Waals surface area (Å²) in [5.41, 5.74) is 0. The fourth-order valence-corrected chi connectivity index (χ4v) is 2.09. The summed E-state index contributed by atoms with van der Waals surface area (Å²) >= 11 is 3.29. The Morgan fingerprint density at radius 2 is 2.10 bits per heavy atom. The molecule has 10 heavy (non-hydrogen) atoms. The van der Waals surface area contributed by atoms with Crippen LogP contribution in [0.4, 0.5) is 0 Å². The van der Waals surface area contributed by atoms with Crippen LogP contribution >= 0.6 is 15.9 Å². The number of hydrogen-bond donors (Lipinski definition) is 0. The Labute approximate surface area is 68.7 Å². The molecule has 1 rings (SSSR count). The Kier molecular flexibility index (Phi) is 2.31. The van der Waals surface area contributed by atoms with Crippen LogP contribution < -0.4 is 0 Å². The van der Waals surface area contributed by atoms with Gasteiger partial charge in [0.2, 0.25) is 0 Å². The molecule has 4 heteroatoms. The van der Waals surface area contributed by atoms with E-state index in [0.29, 0.717) is 0 Å². The van der Waals surface area contributed by atoms with Crippen LogP contribution in [-0.4, -0.2) is 13.2 Å². The molecule has 1 aliphatic heterocycles. The van der Waals surface area contributed by atoms with Crippen molar-refractivity contribution in [3.05, 3.63) is 23.0 Å². The maximum absolute atomic E-state index is 10.8. The van der Waals surface area contributed by atoms with E-state index in [9.17, 15) is 8.42 Å². The Balaban J connectivity index is 2.96. The largest absolute Gasteiger partial charge is 0.220 e. The van der Waals surface area contributed by atoms with E-state index in [4.69, 9.17) is 0 Å². The smallest absolute Gasteiger partial charge is 0.192 e. The third-order valence-corrected chi connectivity index (χ3v) is 2.91. The lowest BCUT2D eigenvalue weighted by atomic mass is 10.3. The van der Waals surface area contributed by atoms with Crippen molar-refractivity contribution < 1.29 is 8.42 Å². The average Bonchev–Trinajstić information content (AvgIpc) is 1.94. The van der Waals surface area contributed by atoms with Crippen LogP contribution in [0.5, 0.6) is 0 Å². The number of allylic oxidation sites excluding steroid dienone is 2. The molecule has 1 heterocycles. The molecule has 1 unspecified atom stereocenters. The van der Waals surface area contributed by atoms with Crippen molar-refractivity contribution in [1.82, 2.24) is 0 Å². The summed E-state index contributed by atoms with van der Waals surface area (Å²) in [5, 5.41) is 2.45. The van der Waals surface area contributed by atoms with Gasteiger partial charge in [-0.1, -0.05) is 28.1 Å². The SMILES string of the molecule is O=S1(=O)C=CCC(Br)C=C1. The molecule has 1 atom stereocenters. The van der Waals surface area contributed by atoms with Gasteiger partial charge in [0, 0.05) is 15.6 Å². The third-order valence-electron chi connectivity index (χ3n) is 1.12. The Morgan fingerprint density at radius 1 is 1.40 bits per heavy atom. The predicted molar refractivity (Wildman–Crippen MR) is 44.5 cm³/mol. The average molecular weight is 223 g/mol. The van der Waals surface area contributed by atoms with Gasteiger partial charge >= 0.3 is 0 Å². The van der Waals surface area contributed by atoms with Gasteiger partial charge in [0.1, 0.15) is 0 Å². The van der Waals surface area contributed by atoms with Crippen molar-refractivity contribution in [2.75, 3.05) is 0 Å². The molecule has 0 saturated heterocycles. The molecule has 0 N–H and O–H groups in total. The normalized spacial score (nSPS) is 29.9. The molecular formula is C6H7BrO2S. The second kappa shape index (κ2) is 2.88. The van der Waals surface area contributed by atoms with E-state index in [1.54, 1.807) is 12.2 Å². The molecule has 0 saturated carbocycles. The zero-order chi connectivity index (χ0) is 7.61. The Bertz CT molecular complexity index is 263. The van der Waals surface area contributed by atoms with Gasteiger partial charge in [-0.15, -0.1) is 0 Å². The minimum atomic E-state index is -3.04. The molecule has 0 aliphatic carbocycles. The first-order valence-corrected chi connectivity index (χ1v) is 5.36. The fourth-order valence-electron chi connectivity index (χ4n) is 0.638. The first-order chi connectivity index (χ1) is 4.60. The van der Waals surface area contributed by atoms with Gasteiger partial charge in [-0.3, -0.25) is 0 Å². The number of alkyl halides is 1. The molecule has 1 aliphatic rings. The summed E-state index contributed by atoms with van der Waals surface area (Å²) in [6.45, 7) is 0. The summed E-state index contributed by atoms with van der Waals surface area (Å²) in [7, 11) is -3.04. The predicted octanol–water partition coefficient (Wildman–Crippen LogP) is 1.60. The van der Waals surface area contributed by atoms with E-state index in [1.807, 2.05) is 0 Å². The molecule has 0 fully saturated rings. The highest BCUT2D eigenvalue weighted by Crippen LogP contribution is 2.13. The van der Waals surface area contributed by atoms with Crippen LogP contribution in [0.1, 0.15) is 6.42 Å². The second-order valence-corrected chi connectivity index (χ2v) is 4.94. The van der Waals surface area contributed by atoms with Gasteiger partial charge in [-0.05, 0) is 6.42 Å². The number of hydrogen-bond acceptors (Lipinski definition) is 2. The van der Waals surface area contributed by atoms with Gasteiger partial charge in [0.25, 0.3) is 0 Å². The summed E-state index contributed by atoms with van der Waals surface area (Å²) < 4.78 is 21.6. The van der Waals surface area contributed by atoms with E-state index in [-0.39, 0.29) is 4.83 Å². The summed E-state index contributed by atoms with van der Waals surface area (Å²) in [6, 6.07) is 0. The quantitative estimate of drug-likeness (QED) is 0.584. The zero-order valence-electron chi connectivity index (χ0n) is 5.20. The Morgan fingerprint density at radius 3 is 2.80 bits per heavy atom. The van der Waals surface area contributed by atoms with E-state index in [0.717, 1.165) is 6.42 Å². The van der Waals surface area contributed by atoms with Crippen molar-refractivity contribution in [3.8, 4) is 0 Å². The van der Waals surface area contributed by atoms with Crippen LogP contribution in [0.2, 0.25) is 0 Å². The summed E-state index contributed by atoms with van der Waals surface area (Å²) in [6.07, 6.45) is 4.01. The standard InChI is InChI=1S/C6H7BrO2S/c7-6-2-1-4-10(8,9)5-3-6/h1,3-6H,2H2. The monoisotopic (exact) mass is 222 g/mol. The minimum absolute atomic E-state index is 0.154. The number of sulfone groups is 1. The highest BCUT2D eigenvalue weighted by atomic mass is 79.9. The van der Waals surface area contributed by atoms with Crippen molar-refractivity contribution in [2.24, 2.45) is 0 Å². The molecule has 0 aromatic carbocycles. The van der Waals surface area contributed by atoms with Crippen LogP contribution in [0, 0.1) is 0 Å². The first kappa shape index (κ1) is 8.01. The molecule has 0 spiro atoms. The van der Waals surface area contributed by atoms with Crippen LogP contribution in [0.3, 0.4) is 0 Å². The summed E-state index contributed by atoms with van der Waals surface area (Å²) in [5.74, 6) is 0.